The third-order valence-electron chi connectivity index (χ3n) is 2.31. The molecule has 0 radical (unpaired) electrons. The summed E-state index contributed by atoms with van der Waals surface area (Å²) in [7, 11) is 0. The van der Waals surface area contributed by atoms with Crippen LogP contribution in [0.3, 0.4) is 0 Å². The van der Waals surface area contributed by atoms with E-state index in [0.717, 1.165) is 0 Å². The maximum atomic E-state index is 13.7. The van der Waals surface area contributed by atoms with E-state index in [-0.39, 0.29) is 17.3 Å². The molecule has 0 bridgehead atoms. The van der Waals surface area contributed by atoms with Crippen LogP contribution in [0.2, 0.25) is 0 Å². The van der Waals surface area contributed by atoms with Gasteiger partial charge < -0.3 is 9.63 Å². The standard InChI is InChI=1S/C11H10BrFN2O2/c1-2-8(16)10-14-11(17-15-10)6-4-3-5-7(12)9(6)13/h3-5,8,16H,2H2,1H3. The number of aliphatic hydroxyl groups excluding tert-OH is 1. The van der Waals surface area contributed by atoms with E-state index in [2.05, 4.69) is 26.1 Å². The van der Waals surface area contributed by atoms with Crippen molar-refractivity contribution in [2.24, 2.45) is 0 Å². The van der Waals surface area contributed by atoms with Gasteiger partial charge in [-0.3, -0.25) is 0 Å². The SMILES string of the molecule is CCC(O)c1noc(-c2cccc(Br)c2F)n1. The van der Waals surface area contributed by atoms with Gasteiger partial charge in [-0.05, 0) is 34.5 Å². The highest BCUT2D eigenvalue weighted by molar-refractivity contribution is 9.10. The number of nitrogens with zero attached hydrogens (tertiary/aromatic N) is 2. The van der Waals surface area contributed by atoms with Crippen LogP contribution in [0.1, 0.15) is 25.3 Å². The molecular weight excluding hydrogens is 291 g/mol. The van der Waals surface area contributed by atoms with Gasteiger partial charge in [0.1, 0.15) is 11.9 Å². The lowest BCUT2D eigenvalue weighted by Crippen LogP contribution is -1.97. The van der Waals surface area contributed by atoms with Crippen LogP contribution in [0.4, 0.5) is 4.39 Å². The number of aromatic nitrogens is 2. The van der Waals surface area contributed by atoms with Gasteiger partial charge in [-0.1, -0.05) is 18.1 Å². The maximum absolute atomic E-state index is 13.7. The molecule has 1 aromatic carbocycles. The molecule has 0 amide bonds. The van der Waals surface area contributed by atoms with E-state index in [4.69, 9.17) is 4.52 Å². The summed E-state index contributed by atoms with van der Waals surface area (Å²) in [5.41, 5.74) is 0.210. The first-order valence-corrected chi connectivity index (χ1v) is 5.88. The van der Waals surface area contributed by atoms with Gasteiger partial charge in [-0.2, -0.15) is 4.98 Å². The van der Waals surface area contributed by atoms with E-state index < -0.39 is 11.9 Å². The van der Waals surface area contributed by atoms with Crippen LogP contribution in [-0.2, 0) is 0 Å². The lowest BCUT2D eigenvalue weighted by atomic mass is 10.2. The molecule has 1 N–H and O–H groups in total. The van der Waals surface area contributed by atoms with Crippen molar-refractivity contribution in [1.29, 1.82) is 0 Å². The number of benzene rings is 1. The minimum absolute atomic E-state index is 0.0614. The summed E-state index contributed by atoms with van der Waals surface area (Å²) in [5.74, 6) is -0.234. The second kappa shape index (κ2) is 4.93. The molecule has 0 aliphatic carbocycles. The Kier molecular flexibility index (Phi) is 3.54. The molecule has 90 valence electrons. The zero-order chi connectivity index (χ0) is 12.4. The fraction of sp³-hybridized carbons (Fsp3) is 0.273. The van der Waals surface area contributed by atoms with Gasteiger partial charge >= 0.3 is 0 Å². The summed E-state index contributed by atoms with van der Waals surface area (Å²) in [6.07, 6.45) is -0.317. The van der Waals surface area contributed by atoms with E-state index in [0.29, 0.717) is 10.9 Å². The number of hydrogen-bond acceptors (Lipinski definition) is 4. The van der Waals surface area contributed by atoms with Crippen molar-refractivity contribution in [3.63, 3.8) is 0 Å². The summed E-state index contributed by atoms with van der Waals surface area (Å²) < 4.78 is 19.0. The van der Waals surface area contributed by atoms with Crippen LogP contribution in [-0.4, -0.2) is 15.2 Å². The van der Waals surface area contributed by atoms with Crippen LogP contribution in [0, 0.1) is 5.82 Å². The number of halogens is 2. The molecule has 1 atom stereocenters. The molecule has 0 aliphatic rings. The van der Waals surface area contributed by atoms with E-state index in [9.17, 15) is 9.50 Å². The highest BCUT2D eigenvalue weighted by Crippen LogP contribution is 2.27. The van der Waals surface area contributed by atoms with Gasteiger partial charge in [0.05, 0.1) is 10.0 Å². The summed E-state index contributed by atoms with van der Waals surface area (Å²) in [6.45, 7) is 1.79. The minimum Gasteiger partial charge on any atom is -0.385 e. The minimum atomic E-state index is -0.789. The molecule has 1 aromatic heterocycles. The van der Waals surface area contributed by atoms with Gasteiger partial charge in [0, 0.05) is 0 Å². The average Bonchev–Trinajstić information content (AvgIpc) is 2.81. The van der Waals surface area contributed by atoms with Gasteiger partial charge in [0.15, 0.2) is 0 Å². The number of rotatable bonds is 3. The number of aliphatic hydroxyl groups is 1. The van der Waals surface area contributed by atoms with Gasteiger partial charge in [0.2, 0.25) is 5.82 Å². The average molecular weight is 301 g/mol. The Morgan fingerprint density at radius 3 is 3.00 bits per heavy atom. The first kappa shape index (κ1) is 12.2. The van der Waals surface area contributed by atoms with Crippen molar-refractivity contribution in [3.05, 3.63) is 34.3 Å². The summed E-state index contributed by atoms with van der Waals surface area (Å²) >= 11 is 3.08. The van der Waals surface area contributed by atoms with E-state index in [1.807, 2.05) is 0 Å². The second-order valence-electron chi connectivity index (χ2n) is 3.48. The highest BCUT2D eigenvalue weighted by atomic mass is 79.9. The Labute approximate surface area is 106 Å². The molecule has 2 aromatic rings. The predicted molar refractivity (Wildman–Crippen MR) is 62.6 cm³/mol. The molecular formula is C11H10BrFN2O2. The smallest absolute Gasteiger partial charge is 0.261 e. The molecule has 2 rings (SSSR count). The van der Waals surface area contributed by atoms with Crippen LogP contribution in [0.15, 0.2) is 27.2 Å². The topological polar surface area (TPSA) is 59.2 Å². The van der Waals surface area contributed by atoms with Gasteiger partial charge in [0.25, 0.3) is 5.89 Å². The zero-order valence-corrected chi connectivity index (χ0v) is 10.6. The van der Waals surface area contributed by atoms with Crippen molar-refractivity contribution >= 4 is 15.9 Å². The van der Waals surface area contributed by atoms with E-state index >= 15 is 0 Å². The highest BCUT2D eigenvalue weighted by Gasteiger charge is 2.18. The molecule has 0 saturated carbocycles. The van der Waals surface area contributed by atoms with Gasteiger partial charge in [-0.25, -0.2) is 4.39 Å². The molecule has 4 nitrogen and oxygen atoms in total. The quantitative estimate of drug-likeness (QED) is 0.946. The molecule has 0 fully saturated rings. The first-order valence-electron chi connectivity index (χ1n) is 5.09. The zero-order valence-electron chi connectivity index (χ0n) is 9.02. The summed E-state index contributed by atoms with van der Waals surface area (Å²) in [6, 6.07) is 4.79. The van der Waals surface area contributed by atoms with Crippen molar-refractivity contribution in [3.8, 4) is 11.5 Å². The maximum Gasteiger partial charge on any atom is 0.261 e. The fourth-order valence-corrected chi connectivity index (χ4v) is 1.70. The molecule has 17 heavy (non-hydrogen) atoms. The second-order valence-corrected chi connectivity index (χ2v) is 4.34. The van der Waals surface area contributed by atoms with Crippen LogP contribution < -0.4 is 0 Å². The van der Waals surface area contributed by atoms with Crippen molar-refractivity contribution in [1.82, 2.24) is 10.1 Å². The Morgan fingerprint density at radius 2 is 2.29 bits per heavy atom. The molecule has 0 spiro atoms. The Morgan fingerprint density at radius 1 is 1.53 bits per heavy atom. The summed E-state index contributed by atoms with van der Waals surface area (Å²) in [4.78, 5) is 3.96. The van der Waals surface area contributed by atoms with Crippen LogP contribution in [0.5, 0.6) is 0 Å². The largest absolute Gasteiger partial charge is 0.385 e. The first-order chi connectivity index (χ1) is 8.13. The third-order valence-corrected chi connectivity index (χ3v) is 2.92. The molecule has 1 heterocycles. The van der Waals surface area contributed by atoms with Crippen molar-refractivity contribution < 1.29 is 14.0 Å². The molecule has 1 unspecified atom stereocenters. The summed E-state index contributed by atoms with van der Waals surface area (Å²) in [5, 5.41) is 13.1. The van der Waals surface area contributed by atoms with E-state index in [1.165, 1.54) is 6.07 Å². The Bertz CT molecular complexity index is 530. The monoisotopic (exact) mass is 300 g/mol. The molecule has 0 saturated heterocycles. The molecule has 0 aliphatic heterocycles. The lowest BCUT2D eigenvalue weighted by molar-refractivity contribution is 0.159. The van der Waals surface area contributed by atoms with Crippen molar-refractivity contribution in [2.75, 3.05) is 0 Å². The normalized spacial score (nSPS) is 12.7. The third kappa shape index (κ3) is 2.37. The lowest BCUT2D eigenvalue weighted by Gasteiger charge is -1.99. The van der Waals surface area contributed by atoms with E-state index in [1.54, 1.807) is 19.1 Å². The molecule has 6 heteroatoms. The van der Waals surface area contributed by atoms with Crippen molar-refractivity contribution in [2.45, 2.75) is 19.4 Å². The van der Waals surface area contributed by atoms with Crippen LogP contribution in [0.25, 0.3) is 11.5 Å². The predicted octanol–water partition coefficient (Wildman–Crippen LogP) is 3.08. The van der Waals surface area contributed by atoms with Gasteiger partial charge in [-0.15, -0.1) is 0 Å². The Hall–Kier alpha value is -1.27. The van der Waals surface area contributed by atoms with Crippen LogP contribution >= 0.6 is 15.9 Å². The fourth-order valence-electron chi connectivity index (χ4n) is 1.33. The number of hydrogen-bond donors (Lipinski definition) is 1. The Balaban J connectivity index is 2.40.